The van der Waals surface area contributed by atoms with E-state index in [-0.39, 0.29) is 5.91 Å². The molecule has 0 saturated carbocycles. The lowest BCUT2D eigenvalue weighted by molar-refractivity contribution is 0.0956. The molecule has 0 bridgehead atoms. The minimum atomic E-state index is 0.00178. The Bertz CT molecular complexity index is 820. The molecule has 24 heavy (non-hydrogen) atoms. The van der Waals surface area contributed by atoms with Gasteiger partial charge < -0.3 is 5.32 Å². The zero-order chi connectivity index (χ0) is 16.9. The average Bonchev–Trinajstić information content (AvgIpc) is 3.18. The third-order valence-corrected chi connectivity index (χ3v) is 5.07. The van der Waals surface area contributed by atoms with Gasteiger partial charge in [0.25, 0.3) is 5.91 Å². The van der Waals surface area contributed by atoms with Crippen molar-refractivity contribution in [2.45, 2.75) is 26.8 Å². The van der Waals surface area contributed by atoms with E-state index in [1.165, 1.54) is 0 Å². The van der Waals surface area contributed by atoms with E-state index in [2.05, 4.69) is 29.5 Å². The molecule has 0 aliphatic carbocycles. The van der Waals surface area contributed by atoms with E-state index in [9.17, 15) is 4.79 Å². The van der Waals surface area contributed by atoms with Crippen molar-refractivity contribution >= 4 is 17.2 Å². The number of carbonyl (C=O) groups is 1. The van der Waals surface area contributed by atoms with Gasteiger partial charge in [0.1, 0.15) is 0 Å². The van der Waals surface area contributed by atoms with Crippen LogP contribution < -0.4 is 5.32 Å². The number of aryl methyl sites for hydroxylation is 3. The van der Waals surface area contributed by atoms with E-state index >= 15 is 0 Å². The molecule has 0 atom stereocenters. The third-order valence-electron chi connectivity index (χ3n) is 3.79. The van der Waals surface area contributed by atoms with Crippen LogP contribution in [-0.4, -0.2) is 22.2 Å². The molecular formula is C19H21N3OS. The predicted octanol–water partition coefficient (Wildman–Crippen LogP) is 4.05. The number of nitrogens with zero attached hydrogens (tertiary/aromatic N) is 2. The Morgan fingerprint density at radius 2 is 2.04 bits per heavy atom. The van der Waals surface area contributed by atoms with Gasteiger partial charge in [0.15, 0.2) is 0 Å². The Kier molecular flexibility index (Phi) is 5.11. The highest BCUT2D eigenvalue weighted by Crippen LogP contribution is 2.32. The third kappa shape index (κ3) is 3.92. The number of rotatable bonds is 6. The van der Waals surface area contributed by atoms with Crippen molar-refractivity contribution in [3.8, 4) is 10.4 Å². The van der Waals surface area contributed by atoms with E-state index in [1.54, 1.807) is 11.3 Å². The van der Waals surface area contributed by atoms with Crippen molar-refractivity contribution < 1.29 is 4.79 Å². The van der Waals surface area contributed by atoms with Gasteiger partial charge >= 0.3 is 0 Å². The molecule has 0 aliphatic rings. The second-order valence-corrected chi connectivity index (χ2v) is 6.93. The zero-order valence-corrected chi connectivity index (χ0v) is 14.8. The molecule has 3 aromatic rings. The Labute approximate surface area is 146 Å². The lowest BCUT2D eigenvalue weighted by Crippen LogP contribution is -2.24. The van der Waals surface area contributed by atoms with Gasteiger partial charge in [-0.05, 0) is 43.0 Å². The maximum Gasteiger partial charge on any atom is 0.261 e. The molecule has 2 aromatic heterocycles. The Balaban J connectivity index is 1.55. The van der Waals surface area contributed by atoms with Gasteiger partial charge in [-0.1, -0.05) is 30.3 Å². The predicted molar refractivity (Wildman–Crippen MR) is 98.4 cm³/mol. The van der Waals surface area contributed by atoms with Crippen LogP contribution in [0.4, 0.5) is 0 Å². The van der Waals surface area contributed by atoms with E-state index < -0.39 is 0 Å². The van der Waals surface area contributed by atoms with Crippen LogP contribution in [0.25, 0.3) is 10.4 Å². The zero-order valence-electron chi connectivity index (χ0n) is 14.0. The Hall–Kier alpha value is -2.40. The first kappa shape index (κ1) is 16.5. The van der Waals surface area contributed by atoms with Gasteiger partial charge in [0.2, 0.25) is 0 Å². The minimum absolute atomic E-state index is 0.00178. The van der Waals surface area contributed by atoms with Crippen LogP contribution in [0.1, 0.15) is 27.2 Å². The lowest BCUT2D eigenvalue weighted by atomic mass is 10.1. The first-order chi connectivity index (χ1) is 11.6. The quantitative estimate of drug-likeness (QED) is 0.689. The lowest BCUT2D eigenvalue weighted by Gasteiger charge is -2.04. The van der Waals surface area contributed by atoms with E-state index in [0.29, 0.717) is 6.54 Å². The molecule has 124 valence electrons. The second kappa shape index (κ2) is 7.45. The molecule has 4 nitrogen and oxygen atoms in total. The first-order valence-corrected chi connectivity index (χ1v) is 8.88. The van der Waals surface area contributed by atoms with Crippen LogP contribution in [0, 0.1) is 13.8 Å². The summed E-state index contributed by atoms with van der Waals surface area (Å²) in [7, 11) is 0. The molecule has 3 rings (SSSR count). The van der Waals surface area contributed by atoms with Crippen LogP contribution in [0.15, 0.2) is 48.8 Å². The number of aromatic nitrogens is 2. The molecule has 0 saturated heterocycles. The summed E-state index contributed by atoms with van der Waals surface area (Å²) in [5.74, 6) is 0.00178. The largest absolute Gasteiger partial charge is 0.351 e. The van der Waals surface area contributed by atoms with Crippen LogP contribution in [0.3, 0.4) is 0 Å². The van der Waals surface area contributed by atoms with E-state index in [1.807, 2.05) is 48.3 Å². The number of hydrogen-bond acceptors (Lipinski definition) is 3. The molecule has 0 spiro atoms. The highest BCUT2D eigenvalue weighted by atomic mass is 32.1. The fourth-order valence-electron chi connectivity index (χ4n) is 2.59. The molecule has 1 amide bonds. The minimum Gasteiger partial charge on any atom is -0.351 e. The van der Waals surface area contributed by atoms with Crippen molar-refractivity contribution in [3.05, 3.63) is 64.8 Å². The first-order valence-electron chi connectivity index (χ1n) is 8.06. The smallest absolute Gasteiger partial charge is 0.261 e. The van der Waals surface area contributed by atoms with Crippen LogP contribution >= 0.6 is 11.3 Å². The second-order valence-electron chi connectivity index (χ2n) is 5.88. The summed E-state index contributed by atoms with van der Waals surface area (Å²) >= 11 is 1.55. The highest BCUT2D eigenvalue weighted by molar-refractivity contribution is 7.17. The maximum absolute atomic E-state index is 12.3. The summed E-state index contributed by atoms with van der Waals surface area (Å²) < 4.78 is 1.91. The monoisotopic (exact) mass is 339 g/mol. The fourth-order valence-corrected chi connectivity index (χ4v) is 3.68. The van der Waals surface area contributed by atoms with Gasteiger partial charge in [-0.2, -0.15) is 5.10 Å². The Morgan fingerprint density at radius 3 is 2.75 bits per heavy atom. The van der Waals surface area contributed by atoms with Crippen LogP contribution in [-0.2, 0) is 6.54 Å². The van der Waals surface area contributed by atoms with Gasteiger partial charge in [0, 0.05) is 24.2 Å². The van der Waals surface area contributed by atoms with Gasteiger partial charge in [-0.25, -0.2) is 0 Å². The number of thiophene rings is 1. The molecule has 1 N–H and O–H groups in total. The van der Waals surface area contributed by atoms with Gasteiger partial charge in [-0.15, -0.1) is 11.3 Å². The normalized spacial score (nSPS) is 10.8. The van der Waals surface area contributed by atoms with Crippen molar-refractivity contribution in [2.24, 2.45) is 0 Å². The summed E-state index contributed by atoms with van der Waals surface area (Å²) in [6.07, 6.45) is 4.72. The summed E-state index contributed by atoms with van der Waals surface area (Å²) in [4.78, 5) is 14.3. The molecule has 1 aromatic carbocycles. The average molecular weight is 339 g/mol. The van der Waals surface area contributed by atoms with E-state index in [0.717, 1.165) is 39.4 Å². The molecule has 2 heterocycles. The Morgan fingerprint density at radius 1 is 1.25 bits per heavy atom. The topological polar surface area (TPSA) is 46.9 Å². The molecule has 0 fully saturated rings. The van der Waals surface area contributed by atoms with E-state index in [4.69, 9.17) is 0 Å². The summed E-state index contributed by atoms with van der Waals surface area (Å²) in [5, 5.41) is 7.24. The number of benzene rings is 1. The van der Waals surface area contributed by atoms with Gasteiger partial charge in [0.05, 0.1) is 11.1 Å². The number of nitrogens with one attached hydrogen (secondary N) is 1. The van der Waals surface area contributed by atoms with Gasteiger partial charge in [-0.3, -0.25) is 9.48 Å². The summed E-state index contributed by atoms with van der Waals surface area (Å²) in [6, 6.07) is 12.2. The number of amides is 1. The van der Waals surface area contributed by atoms with Crippen molar-refractivity contribution in [3.63, 3.8) is 0 Å². The van der Waals surface area contributed by atoms with Crippen LogP contribution in [0.5, 0.6) is 0 Å². The molecule has 5 heteroatoms. The van der Waals surface area contributed by atoms with Crippen LogP contribution in [0.2, 0.25) is 0 Å². The number of carbonyl (C=O) groups excluding carboxylic acids is 1. The molecule has 0 radical (unpaired) electrons. The van der Waals surface area contributed by atoms with Crippen molar-refractivity contribution in [1.82, 2.24) is 15.1 Å². The summed E-state index contributed by atoms with van der Waals surface area (Å²) in [5.41, 5.74) is 3.46. The fraction of sp³-hybridized carbons (Fsp3) is 0.263. The molecule has 0 aliphatic heterocycles. The SMILES string of the molecule is Cc1cnn(CCCNC(=O)c2cc(C)c(-c3ccccc3)s2)c1. The van der Waals surface area contributed by atoms with Crippen molar-refractivity contribution in [1.29, 1.82) is 0 Å². The summed E-state index contributed by atoms with van der Waals surface area (Å²) in [6.45, 7) is 5.53. The standard InChI is InChI=1S/C19H21N3OS/c1-14-12-21-22(13-14)10-6-9-20-19(23)17-11-15(2)18(24-17)16-7-4-3-5-8-16/h3-5,7-8,11-13H,6,9-10H2,1-2H3,(H,20,23). The number of hydrogen-bond donors (Lipinski definition) is 1. The maximum atomic E-state index is 12.3. The molecule has 0 unspecified atom stereocenters. The molecular weight excluding hydrogens is 318 g/mol. The van der Waals surface area contributed by atoms with Crippen molar-refractivity contribution in [2.75, 3.05) is 6.54 Å². The highest BCUT2D eigenvalue weighted by Gasteiger charge is 2.13.